The minimum atomic E-state index is -0.427. The first-order valence-corrected chi connectivity index (χ1v) is 11.3. The number of non-ortho nitro benzene ring substituents is 1. The highest BCUT2D eigenvalue weighted by atomic mass is 16.6. The molecule has 4 rings (SSSR count). The standard InChI is InChI=1S/C25H29N3O3/c1-2-3-4-5-18-6-8-19(9-7-18)20-10-12-21(13-11-20)24-26-25(31-27-24)22-14-16-23(17-15-22)28(29)30/h10-19H,2-9H2,1H3. The van der Waals surface area contributed by atoms with Crippen LogP contribution >= 0.6 is 0 Å². The maximum Gasteiger partial charge on any atom is 0.269 e. The predicted octanol–water partition coefficient (Wildman–Crippen LogP) is 7.17. The van der Waals surface area contributed by atoms with Crippen molar-refractivity contribution in [3.8, 4) is 22.8 Å². The number of aromatic nitrogens is 2. The highest BCUT2D eigenvalue weighted by molar-refractivity contribution is 5.61. The zero-order chi connectivity index (χ0) is 21.6. The van der Waals surface area contributed by atoms with Crippen molar-refractivity contribution in [2.75, 3.05) is 0 Å². The van der Waals surface area contributed by atoms with E-state index >= 15 is 0 Å². The Labute approximate surface area is 182 Å². The molecule has 0 N–H and O–H groups in total. The zero-order valence-electron chi connectivity index (χ0n) is 18.0. The van der Waals surface area contributed by atoms with Gasteiger partial charge in [-0.05, 0) is 55.2 Å². The highest BCUT2D eigenvalue weighted by Gasteiger charge is 2.22. The van der Waals surface area contributed by atoms with Crippen molar-refractivity contribution in [3.63, 3.8) is 0 Å². The van der Waals surface area contributed by atoms with E-state index in [9.17, 15) is 10.1 Å². The fourth-order valence-electron chi connectivity index (χ4n) is 4.56. The van der Waals surface area contributed by atoms with E-state index in [1.54, 1.807) is 12.1 Å². The van der Waals surface area contributed by atoms with Crippen molar-refractivity contribution in [1.82, 2.24) is 10.1 Å². The molecule has 1 saturated carbocycles. The minimum absolute atomic E-state index is 0.0362. The van der Waals surface area contributed by atoms with Crippen LogP contribution < -0.4 is 0 Å². The van der Waals surface area contributed by atoms with Gasteiger partial charge in [0, 0.05) is 23.3 Å². The van der Waals surface area contributed by atoms with E-state index in [0.29, 0.717) is 23.2 Å². The van der Waals surface area contributed by atoms with Crippen LogP contribution in [0.25, 0.3) is 22.8 Å². The Morgan fingerprint density at radius 3 is 2.29 bits per heavy atom. The number of unbranched alkanes of at least 4 members (excludes halogenated alkanes) is 2. The number of hydrogen-bond acceptors (Lipinski definition) is 5. The van der Waals surface area contributed by atoms with Crippen LogP contribution in [0.15, 0.2) is 53.1 Å². The molecule has 1 aliphatic carbocycles. The molecule has 0 bridgehead atoms. The Hall–Kier alpha value is -3.02. The van der Waals surface area contributed by atoms with Gasteiger partial charge in [-0.15, -0.1) is 0 Å². The lowest BCUT2D eigenvalue weighted by Gasteiger charge is -2.29. The summed E-state index contributed by atoms with van der Waals surface area (Å²) in [6.45, 7) is 2.27. The van der Waals surface area contributed by atoms with Gasteiger partial charge >= 0.3 is 0 Å². The summed E-state index contributed by atoms with van der Waals surface area (Å²) in [4.78, 5) is 14.8. The van der Waals surface area contributed by atoms with Gasteiger partial charge in [0.15, 0.2) is 0 Å². The summed E-state index contributed by atoms with van der Waals surface area (Å²) in [5, 5.41) is 14.9. The first-order chi connectivity index (χ1) is 15.1. The van der Waals surface area contributed by atoms with Crippen LogP contribution in [0, 0.1) is 16.0 Å². The van der Waals surface area contributed by atoms with E-state index in [2.05, 4.69) is 41.3 Å². The molecular formula is C25H29N3O3. The summed E-state index contributed by atoms with van der Waals surface area (Å²) in [7, 11) is 0. The molecule has 162 valence electrons. The van der Waals surface area contributed by atoms with Crippen LogP contribution in [0.4, 0.5) is 5.69 Å². The van der Waals surface area contributed by atoms with E-state index in [1.807, 2.05) is 0 Å². The largest absolute Gasteiger partial charge is 0.334 e. The summed E-state index contributed by atoms with van der Waals surface area (Å²) < 4.78 is 5.37. The number of nitro groups is 1. The second-order valence-electron chi connectivity index (χ2n) is 8.56. The average molecular weight is 420 g/mol. The lowest BCUT2D eigenvalue weighted by atomic mass is 9.77. The van der Waals surface area contributed by atoms with Crippen molar-refractivity contribution < 1.29 is 9.45 Å². The molecule has 0 radical (unpaired) electrons. The molecule has 1 aromatic heterocycles. The summed E-state index contributed by atoms with van der Waals surface area (Å²) >= 11 is 0. The van der Waals surface area contributed by atoms with Gasteiger partial charge in [0.05, 0.1) is 4.92 Å². The molecule has 0 amide bonds. The van der Waals surface area contributed by atoms with Crippen LogP contribution in [0.3, 0.4) is 0 Å². The van der Waals surface area contributed by atoms with E-state index in [-0.39, 0.29) is 5.69 Å². The molecule has 1 heterocycles. The third-order valence-electron chi connectivity index (χ3n) is 6.45. The zero-order valence-corrected chi connectivity index (χ0v) is 18.0. The molecule has 0 atom stereocenters. The van der Waals surface area contributed by atoms with Gasteiger partial charge in [-0.1, -0.05) is 62.0 Å². The minimum Gasteiger partial charge on any atom is -0.334 e. The molecule has 0 aliphatic heterocycles. The number of hydrogen-bond donors (Lipinski definition) is 0. The Bertz CT molecular complexity index is 988. The first kappa shape index (κ1) is 21.2. The quantitative estimate of drug-likeness (QED) is 0.220. The van der Waals surface area contributed by atoms with Gasteiger partial charge in [0.25, 0.3) is 11.6 Å². The summed E-state index contributed by atoms with van der Waals surface area (Å²) in [6.07, 6.45) is 10.7. The van der Waals surface area contributed by atoms with Gasteiger partial charge in [0.1, 0.15) is 0 Å². The van der Waals surface area contributed by atoms with Gasteiger partial charge < -0.3 is 4.52 Å². The van der Waals surface area contributed by atoms with Gasteiger partial charge in [0.2, 0.25) is 5.82 Å². The van der Waals surface area contributed by atoms with E-state index < -0.39 is 4.92 Å². The molecule has 6 nitrogen and oxygen atoms in total. The molecule has 1 aliphatic rings. The number of nitro benzene ring substituents is 1. The van der Waals surface area contributed by atoms with Crippen LogP contribution in [-0.4, -0.2) is 15.1 Å². The molecule has 1 fully saturated rings. The van der Waals surface area contributed by atoms with Gasteiger partial charge in [-0.2, -0.15) is 4.98 Å². The fraction of sp³-hybridized carbons (Fsp3) is 0.440. The molecule has 0 spiro atoms. The average Bonchev–Trinajstić information content (AvgIpc) is 3.30. The number of rotatable bonds is 8. The SMILES string of the molecule is CCCCCC1CCC(c2ccc(-c3noc(-c4ccc([N+](=O)[O-])cc4)n3)cc2)CC1. The second-order valence-corrected chi connectivity index (χ2v) is 8.56. The van der Waals surface area contributed by atoms with E-state index in [0.717, 1.165) is 11.5 Å². The molecule has 0 unspecified atom stereocenters. The Morgan fingerprint density at radius 1 is 0.968 bits per heavy atom. The Balaban J connectivity index is 1.37. The predicted molar refractivity (Wildman–Crippen MR) is 121 cm³/mol. The van der Waals surface area contributed by atoms with Crippen molar-refractivity contribution >= 4 is 5.69 Å². The number of nitrogens with zero attached hydrogens (tertiary/aromatic N) is 3. The summed E-state index contributed by atoms with van der Waals surface area (Å²) in [6, 6.07) is 14.6. The van der Waals surface area contributed by atoms with Crippen molar-refractivity contribution in [3.05, 3.63) is 64.2 Å². The summed E-state index contributed by atoms with van der Waals surface area (Å²) in [5.41, 5.74) is 3.01. The maximum absolute atomic E-state index is 10.8. The highest BCUT2D eigenvalue weighted by Crippen LogP contribution is 2.38. The smallest absolute Gasteiger partial charge is 0.269 e. The third-order valence-corrected chi connectivity index (χ3v) is 6.45. The molecule has 0 saturated heterocycles. The van der Waals surface area contributed by atoms with Crippen LogP contribution in [0.2, 0.25) is 0 Å². The molecule has 2 aromatic carbocycles. The monoisotopic (exact) mass is 419 g/mol. The van der Waals surface area contributed by atoms with Gasteiger partial charge in [-0.25, -0.2) is 0 Å². The lowest BCUT2D eigenvalue weighted by Crippen LogP contribution is -2.13. The van der Waals surface area contributed by atoms with Crippen LogP contribution in [-0.2, 0) is 0 Å². The summed E-state index contributed by atoms with van der Waals surface area (Å²) in [5.74, 6) is 2.45. The molecule has 3 aromatic rings. The first-order valence-electron chi connectivity index (χ1n) is 11.3. The van der Waals surface area contributed by atoms with Crippen molar-refractivity contribution in [2.45, 2.75) is 64.2 Å². The van der Waals surface area contributed by atoms with E-state index in [4.69, 9.17) is 4.52 Å². The number of benzene rings is 2. The molecule has 31 heavy (non-hydrogen) atoms. The second kappa shape index (κ2) is 9.86. The van der Waals surface area contributed by atoms with Crippen LogP contribution in [0.1, 0.15) is 69.8 Å². The molecule has 6 heteroatoms. The Kier molecular flexibility index (Phi) is 6.75. The van der Waals surface area contributed by atoms with Crippen molar-refractivity contribution in [2.24, 2.45) is 5.92 Å². The topological polar surface area (TPSA) is 82.1 Å². The van der Waals surface area contributed by atoms with E-state index in [1.165, 1.54) is 69.1 Å². The van der Waals surface area contributed by atoms with Crippen molar-refractivity contribution in [1.29, 1.82) is 0 Å². The van der Waals surface area contributed by atoms with Crippen LogP contribution in [0.5, 0.6) is 0 Å². The Morgan fingerprint density at radius 2 is 1.65 bits per heavy atom. The normalized spacial score (nSPS) is 18.7. The van der Waals surface area contributed by atoms with Gasteiger partial charge in [-0.3, -0.25) is 10.1 Å². The molecular weight excluding hydrogens is 390 g/mol. The third kappa shape index (κ3) is 5.19. The maximum atomic E-state index is 10.8. The lowest BCUT2D eigenvalue weighted by molar-refractivity contribution is -0.384. The fourth-order valence-corrected chi connectivity index (χ4v) is 4.56.